The smallest absolute Gasteiger partial charge is 0.176 e. The van der Waals surface area contributed by atoms with Gasteiger partial charge in [0.2, 0.25) is 0 Å². The number of halogens is 3. The summed E-state index contributed by atoms with van der Waals surface area (Å²) in [5, 5.41) is 0. The lowest BCUT2D eigenvalue weighted by Crippen LogP contribution is -2.07. The first kappa shape index (κ1) is 7.73. The summed E-state index contributed by atoms with van der Waals surface area (Å²) in [7, 11) is 0. The second-order valence-electron chi connectivity index (χ2n) is 0.901. The van der Waals surface area contributed by atoms with Gasteiger partial charge < -0.3 is 0 Å². The largest absolute Gasteiger partial charge is 0.296 e. The van der Waals surface area contributed by atoms with Crippen LogP contribution in [0.1, 0.15) is 0 Å². The van der Waals surface area contributed by atoms with Crippen molar-refractivity contribution >= 4 is 44.9 Å². The lowest BCUT2D eigenvalue weighted by Gasteiger charge is -1.90. The van der Waals surface area contributed by atoms with Crippen LogP contribution in [0.5, 0.6) is 0 Å². The zero-order valence-electron chi connectivity index (χ0n) is 3.33. The Kier molecular flexibility index (Phi) is 4.08. The van der Waals surface area contributed by atoms with Crippen molar-refractivity contribution in [1.29, 1.82) is 0 Å². The van der Waals surface area contributed by atoms with Gasteiger partial charge in [0, 0.05) is 0 Å². The third-order valence-corrected chi connectivity index (χ3v) is 1.39. The van der Waals surface area contributed by atoms with Gasteiger partial charge in [0.25, 0.3) is 0 Å². The summed E-state index contributed by atoms with van der Waals surface area (Å²) in [5.41, 5.74) is 0. The molecule has 4 heteroatoms. The Labute approximate surface area is 60.1 Å². The van der Waals surface area contributed by atoms with Crippen LogP contribution in [0, 0.1) is 0 Å². The van der Waals surface area contributed by atoms with Gasteiger partial charge in [0.1, 0.15) is 4.29 Å². The van der Waals surface area contributed by atoms with E-state index in [0.29, 0.717) is 0 Å². The zero-order valence-corrected chi connectivity index (χ0v) is 6.42. The number of alkyl halides is 3. The van der Waals surface area contributed by atoms with Crippen LogP contribution in [-0.2, 0) is 4.79 Å². The highest BCUT2D eigenvalue weighted by atomic mass is 79.9. The summed E-state index contributed by atoms with van der Waals surface area (Å²) in [5.74, 6) is -0.234. The number of carbonyl (C=O) groups is 1. The van der Waals surface area contributed by atoms with Crippen LogP contribution in [0.15, 0.2) is 0 Å². The fraction of sp³-hybridized carbons (Fsp3) is 0.667. The van der Waals surface area contributed by atoms with Crippen molar-refractivity contribution in [2.45, 2.75) is 4.29 Å². The van der Waals surface area contributed by atoms with Crippen molar-refractivity contribution in [3.63, 3.8) is 0 Å². The molecule has 0 heterocycles. The van der Waals surface area contributed by atoms with E-state index in [-0.39, 0.29) is 11.7 Å². The maximum absolute atomic E-state index is 10.2. The van der Waals surface area contributed by atoms with Crippen molar-refractivity contribution in [1.82, 2.24) is 0 Å². The van der Waals surface area contributed by atoms with Gasteiger partial charge in [-0.1, -0.05) is 15.9 Å². The molecule has 0 aromatic carbocycles. The minimum absolute atomic E-state index is 0.0284. The Balaban J connectivity index is 3.35. The Hall–Kier alpha value is 0.730. The van der Waals surface area contributed by atoms with E-state index in [1.807, 2.05) is 0 Å². The van der Waals surface area contributed by atoms with E-state index in [2.05, 4.69) is 15.9 Å². The maximum atomic E-state index is 10.2. The molecule has 0 aromatic rings. The summed E-state index contributed by atoms with van der Waals surface area (Å²) in [6.07, 6.45) is 0. The number of hydrogen-bond donors (Lipinski definition) is 0. The average Bonchev–Trinajstić information content (AvgIpc) is 1.65. The predicted octanol–water partition coefficient (Wildman–Crippen LogP) is 1.75. The highest BCUT2D eigenvalue weighted by Crippen LogP contribution is 2.05. The van der Waals surface area contributed by atoms with Crippen LogP contribution in [0.25, 0.3) is 0 Å². The van der Waals surface area contributed by atoms with Crippen molar-refractivity contribution in [2.24, 2.45) is 0 Å². The van der Waals surface area contributed by atoms with Crippen molar-refractivity contribution in [3.8, 4) is 0 Å². The Bertz CT molecular complexity index is 73.3. The SMILES string of the molecule is O=C(CCl)[C@H](Cl)Br. The van der Waals surface area contributed by atoms with Crippen molar-refractivity contribution in [3.05, 3.63) is 0 Å². The molecule has 0 aliphatic carbocycles. The number of rotatable bonds is 2. The van der Waals surface area contributed by atoms with Crippen molar-refractivity contribution in [2.75, 3.05) is 5.88 Å². The number of ketones is 1. The van der Waals surface area contributed by atoms with E-state index in [1.54, 1.807) is 0 Å². The molecule has 7 heavy (non-hydrogen) atoms. The van der Waals surface area contributed by atoms with E-state index in [4.69, 9.17) is 23.2 Å². The third-order valence-electron chi connectivity index (χ3n) is 0.375. The predicted molar refractivity (Wildman–Crippen MR) is 34.3 cm³/mol. The molecular formula is C3H3BrCl2O. The fourth-order valence-corrected chi connectivity index (χ4v) is 0.717. The van der Waals surface area contributed by atoms with Crippen LogP contribution >= 0.6 is 39.1 Å². The first-order chi connectivity index (χ1) is 3.18. The number of carbonyl (C=O) groups excluding carboxylic acids is 1. The van der Waals surface area contributed by atoms with Gasteiger partial charge in [-0.3, -0.25) is 4.79 Å². The second-order valence-corrected chi connectivity index (χ2v) is 3.05. The fourth-order valence-electron chi connectivity index (χ4n) is 0.0583. The first-order valence-corrected chi connectivity index (χ1v) is 3.44. The Morgan fingerprint density at radius 2 is 2.29 bits per heavy atom. The van der Waals surface area contributed by atoms with E-state index in [1.165, 1.54) is 0 Å². The van der Waals surface area contributed by atoms with Gasteiger partial charge in [-0.2, -0.15) is 0 Å². The highest BCUT2D eigenvalue weighted by molar-refractivity contribution is 9.10. The quantitative estimate of drug-likeness (QED) is 0.629. The van der Waals surface area contributed by atoms with Crippen LogP contribution in [0.4, 0.5) is 0 Å². The minimum Gasteiger partial charge on any atom is -0.296 e. The van der Waals surface area contributed by atoms with Gasteiger partial charge in [0.05, 0.1) is 5.88 Å². The van der Waals surface area contributed by atoms with Gasteiger partial charge in [-0.05, 0) is 0 Å². The Morgan fingerprint density at radius 1 is 1.86 bits per heavy atom. The summed E-state index contributed by atoms with van der Waals surface area (Å²) in [6.45, 7) is 0. The lowest BCUT2D eigenvalue weighted by atomic mass is 10.5. The van der Waals surface area contributed by atoms with Gasteiger partial charge >= 0.3 is 0 Å². The molecule has 0 saturated carbocycles. The summed E-state index contributed by atoms with van der Waals surface area (Å²) in [4.78, 5) is 10.2. The molecule has 0 saturated heterocycles. The first-order valence-electron chi connectivity index (χ1n) is 1.55. The summed E-state index contributed by atoms with van der Waals surface area (Å²) in [6, 6.07) is 0. The molecule has 0 fully saturated rings. The van der Waals surface area contributed by atoms with E-state index < -0.39 is 4.29 Å². The molecule has 0 radical (unpaired) electrons. The molecule has 0 bridgehead atoms. The normalized spacial score (nSPS) is 13.6. The number of Topliss-reactive ketones (excluding diaryl/α,β-unsaturated/α-hetero) is 1. The van der Waals surface area contributed by atoms with Gasteiger partial charge in [-0.25, -0.2) is 0 Å². The number of hydrogen-bond acceptors (Lipinski definition) is 1. The molecule has 0 aliphatic rings. The Morgan fingerprint density at radius 3 is 2.29 bits per heavy atom. The second kappa shape index (κ2) is 3.70. The molecule has 0 amide bonds. The molecule has 42 valence electrons. The molecule has 1 nitrogen and oxygen atoms in total. The maximum Gasteiger partial charge on any atom is 0.176 e. The monoisotopic (exact) mass is 204 g/mol. The molecule has 0 spiro atoms. The van der Waals surface area contributed by atoms with Crippen molar-refractivity contribution < 1.29 is 4.79 Å². The average molecular weight is 206 g/mol. The summed E-state index contributed by atoms with van der Waals surface area (Å²) < 4.78 is -0.620. The molecule has 0 unspecified atom stereocenters. The minimum atomic E-state index is -0.620. The van der Waals surface area contributed by atoms with Crippen LogP contribution in [0.3, 0.4) is 0 Å². The molecular weight excluding hydrogens is 203 g/mol. The van der Waals surface area contributed by atoms with Crippen LogP contribution in [-0.4, -0.2) is 15.9 Å². The molecule has 0 aromatic heterocycles. The third kappa shape index (κ3) is 3.32. The van der Waals surface area contributed by atoms with E-state index in [9.17, 15) is 4.79 Å². The highest BCUT2D eigenvalue weighted by Gasteiger charge is 2.07. The van der Waals surface area contributed by atoms with Gasteiger partial charge in [-0.15, -0.1) is 23.2 Å². The zero-order chi connectivity index (χ0) is 5.86. The molecule has 0 aliphatic heterocycles. The van der Waals surface area contributed by atoms with E-state index in [0.717, 1.165) is 0 Å². The summed E-state index contributed by atoms with van der Waals surface area (Å²) >= 11 is 13.1. The molecule has 0 rings (SSSR count). The van der Waals surface area contributed by atoms with Gasteiger partial charge in [0.15, 0.2) is 5.78 Å². The van der Waals surface area contributed by atoms with E-state index >= 15 is 0 Å². The van der Waals surface area contributed by atoms with Crippen LogP contribution in [0.2, 0.25) is 0 Å². The molecule has 0 N–H and O–H groups in total. The lowest BCUT2D eigenvalue weighted by molar-refractivity contribution is -0.114. The topological polar surface area (TPSA) is 17.1 Å². The molecule has 1 atom stereocenters. The van der Waals surface area contributed by atoms with Crippen LogP contribution < -0.4 is 0 Å². The standard InChI is InChI=1S/C3H3BrCl2O/c4-3(6)2(7)1-5/h3H,1H2/t3-/m0/s1.